The van der Waals surface area contributed by atoms with Gasteiger partial charge in [-0.15, -0.1) is 0 Å². The molecule has 0 saturated carbocycles. The average molecular weight is 198 g/mol. The Balaban J connectivity index is 0.00000144. The number of benzene rings is 1. The largest absolute Gasteiger partial charge is 0.0861 e. The molecule has 0 aliphatic rings. The fourth-order valence-electron chi connectivity index (χ4n) is 0.954. The lowest BCUT2D eigenvalue weighted by Crippen LogP contribution is -1.88. The van der Waals surface area contributed by atoms with Crippen LogP contribution >= 0.6 is 11.6 Å². The summed E-state index contributed by atoms with van der Waals surface area (Å²) in [5, 5.41) is 4.19. The topological polar surface area (TPSA) is 48.8 Å². The summed E-state index contributed by atoms with van der Waals surface area (Å²) >= 11 is 5.87. The highest BCUT2D eigenvalue weighted by atomic mass is 35.5. The van der Waals surface area contributed by atoms with Gasteiger partial charge in [-0.3, -0.25) is 0 Å². The third-order valence-corrected chi connectivity index (χ3v) is 1.92. The Labute approximate surface area is 83.0 Å². The van der Waals surface area contributed by atoms with Crippen LogP contribution in [0.15, 0.2) is 29.4 Å². The Morgan fingerprint density at radius 1 is 1.46 bits per heavy atom. The Hall–Kier alpha value is -1.18. The number of azide groups is 1. The summed E-state index contributed by atoms with van der Waals surface area (Å²) in [5.74, 6) is 0. The van der Waals surface area contributed by atoms with E-state index in [0.717, 1.165) is 5.56 Å². The summed E-state index contributed by atoms with van der Waals surface area (Å²) in [5.41, 5.74) is 9.06. The van der Waals surface area contributed by atoms with Crippen molar-refractivity contribution < 1.29 is 0 Å². The summed E-state index contributed by atoms with van der Waals surface area (Å²) in [6.45, 7) is 1.81. The summed E-state index contributed by atoms with van der Waals surface area (Å²) in [6.07, 6.45) is 0. The Bertz CT molecular complexity index is 318. The molecular formula is C9H12ClN3. The van der Waals surface area contributed by atoms with Crippen molar-refractivity contribution in [2.45, 2.75) is 20.4 Å². The molecule has 0 saturated heterocycles. The molecule has 1 atom stereocenters. The molecule has 0 radical (unpaired) electrons. The molecule has 0 spiro atoms. The lowest BCUT2D eigenvalue weighted by molar-refractivity contribution is 0.808. The third-order valence-electron chi connectivity index (χ3n) is 1.58. The molecular weight excluding hydrogens is 186 g/mol. The number of nitrogens with zero attached hydrogens (tertiary/aromatic N) is 3. The fraction of sp³-hybridized carbons (Fsp3) is 0.333. The van der Waals surface area contributed by atoms with Gasteiger partial charge in [-0.25, -0.2) is 0 Å². The second kappa shape index (κ2) is 5.46. The van der Waals surface area contributed by atoms with E-state index in [1.54, 1.807) is 13.0 Å². The van der Waals surface area contributed by atoms with Gasteiger partial charge in [-0.1, -0.05) is 49.3 Å². The van der Waals surface area contributed by atoms with E-state index in [9.17, 15) is 0 Å². The monoisotopic (exact) mass is 197 g/mol. The van der Waals surface area contributed by atoms with Crippen molar-refractivity contribution in [3.05, 3.63) is 45.3 Å². The first-order valence-electron chi connectivity index (χ1n) is 3.54. The zero-order valence-corrected chi connectivity index (χ0v) is 7.36. The summed E-state index contributed by atoms with van der Waals surface area (Å²) in [4.78, 5) is 2.72. The van der Waals surface area contributed by atoms with E-state index in [1.165, 1.54) is 0 Å². The maximum absolute atomic E-state index is 8.20. The molecule has 0 unspecified atom stereocenters. The van der Waals surface area contributed by atoms with E-state index >= 15 is 0 Å². The quantitative estimate of drug-likeness (QED) is 0.385. The minimum atomic E-state index is -0.205. The molecule has 0 N–H and O–H groups in total. The minimum Gasteiger partial charge on any atom is -0.0861 e. The van der Waals surface area contributed by atoms with Gasteiger partial charge < -0.3 is 0 Å². The molecule has 0 heterocycles. The zero-order chi connectivity index (χ0) is 8.97. The zero-order valence-electron chi connectivity index (χ0n) is 6.61. The first-order valence-corrected chi connectivity index (χ1v) is 3.92. The number of rotatable bonds is 2. The molecule has 0 aliphatic carbocycles. The fourth-order valence-corrected chi connectivity index (χ4v) is 1.25. The molecule has 0 aliphatic heterocycles. The molecule has 0 aromatic heterocycles. The van der Waals surface area contributed by atoms with Crippen molar-refractivity contribution >= 4 is 11.6 Å². The molecule has 0 fully saturated rings. The van der Waals surface area contributed by atoms with Crippen molar-refractivity contribution in [2.75, 3.05) is 0 Å². The molecule has 0 amide bonds. The minimum absolute atomic E-state index is 0. The second-order valence-corrected chi connectivity index (χ2v) is 2.81. The van der Waals surface area contributed by atoms with Crippen LogP contribution in [0.3, 0.4) is 0 Å². The Kier molecular flexibility index (Phi) is 4.97. The highest BCUT2D eigenvalue weighted by molar-refractivity contribution is 6.31. The standard InChI is InChI=1S/C8H8ClN3.CH4/c1-6(11-12-10)7-4-2-3-5-8(7)9;/h2-6H,1H3;1H4/t6-;/m0./s1. The van der Waals surface area contributed by atoms with Gasteiger partial charge in [0.25, 0.3) is 0 Å². The summed E-state index contributed by atoms with van der Waals surface area (Å²) in [6, 6.07) is 7.13. The van der Waals surface area contributed by atoms with Crippen LogP contribution in [-0.4, -0.2) is 0 Å². The van der Waals surface area contributed by atoms with Crippen LogP contribution < -0.4 is 0 Å². The molecule has 13 heavy (non-hydrogen) atoms. The van der Waals surface area contributed by atoms with Gasteiger partial charge in [-0.05, 0) is 17.2 Å². The normalized spacial score (nSPS) is 10.9. The molecule has 1 rings (SSSR count). The van der Waals surface area contributed by atoms with Gasteiger partial charge in [0, 0.05) is 9.93 Å². The van der Waals surface area contributed by atoms with Crippen LogP contribution in [0, 0.1) is 0 Å². The van der Waals surface area contributed by atoms with Crippen molar-refractivity contribution in [2.24, 2.45) is 5.11 Å². The SMILES string of the molecule is C.C[C@H](N=[N+]=[N-])c1ccccc1Cl. The molecule has 1 aromatic rings. The van der Waals surface area contributed by atoms with E-state index in [4.69, 9.17) is 17.1 Å². The van der Waals surface area contributed by atoms with Crippen LogP contribution in [0.5, 0.6) is 0 Å². The van der Waals surface area contributed by atoms with Gasteiger partial charge in [-0.2, -0.15) is 0 Å². The van der Waals surface area contributed by atoms with E-state index in [-0.39, 0.29) is 13.5 Å². The van der Waals surface area contributed by atoms with Crippen molar-refractivity contribution in [1.29, 1.82) is 0 Å². The maximum atomic E-state index is 8.20. The van der Waals surface area contributed by atoms with Gasteiger partial charge in [0.15, 0.2) is 0 Å². The Morgan fingerprint density at radius 2 is 2.08 bits per heavy atom. The van der Waals surface area contributed by atoms with E-state index < -0.39 is 0 Å². The predicted octanol–water partition coefficient (Wildman–Crippen LogP) is 4.35. The molecule has 3 nitrogen and oxygen atoms in total. The van der Waals surface area contributed by atoms with Gasteiger partial charge in [0.2, 0.25) is 0 Å². The van der Waals surface area contributed by atoms with Gasteiger partial charge in [0.1, 0.15) is 0 Å². The number of hydrogen-bond acceptors (Lipinski definition) is 1. The predicted molar refractivity (Wildman–Crippen MR) is 55.7 cm³/mol. The van der Waals surface area contributed by atoms with E-state index in [1.807, 2.05) is 18.2 Å². The van der Waals surface area contributed by atoms with Crippen LogP contribution in [0.4, 0.5) is 0 Å². The Morgan fingerprint density at radius 3 is 2.62 bits per heavy atom. The third kappa shape index (κ3) is 2.98. The summed E-state index contributed by atoms with van der Waals surface area (Å²) < 4.78 is 0. The van der Waals surface area contributed by atoms with E-state index in [2.05, 4.69) is 10.0 Å². The van der Waals surface area contributed by atoms with Crippen LogP contribution in [-0.2, 0) is 0 Å². The number of hydrogen-bond donors (Lipinski definition) is 0. The van der Waals surface area contributed by atoms with Crippen LogP contribution in [0.2, 0.25) is 5.02 Å². The second-order valence-electron chi connectivity index (χ2n) is 2.40. The maximum Gasteiger partial charge on any atom is 0.0611 e. The highest BCUT2D eigenvalue weighted by Crippen LogP contribution is 2.24. The smallest absolute Gasteiger partial charge is 0.0611 e. The average Bonchev–Trinajstić information content (AvgIpc) is 2.05. The first kappa shape index (κ1) is 11.8. The molecule has 70 valence electrons. The van der Waals surface area contributed by atoms with Gasteiger partial charge in [0.05, 0.1) is 6.04 Å². The molecule has 4 heteroatoms. The lowest BCUT2D eigenvalue weighted by Gasteiger charge is -2.05. The van der Waals surface area contributed by atoms with Crippen LogP contribution in [0.25, 0.3) is 10.4 Å². The van der Waals surface area contributed by atoms with Crippen molar-refractivity contribution in [1.82, 2.24) is 0 Å². The molecule has 0 bridgehead atoms. The van der Waals surface area contributed by atoms with Crippen LogP contribution in [0.1, 0.15) is 26.0 Å². The molecule has 1 aromatic carbocycles. The van der Waals surface area contributed by atoms with Crippen molar-refractivity contribution in [3.8, 4) is 0 Å². The first-order chi connectivity index (χ1) is 5.75. The highest BCUT2D eigenvalue weighted by Gasteiger charge is 2.05. The van der Waals surface area contributed by atoms with Gasteiger partial charge >= 0.3 is 0 Å². The lowest BCUT2D eigenvalue weighted by atomic mass is 10.1. The summed E-state index contributed by atoms with van der Waals surface area (Å²) in [7, 11) is 0. The van der Waals surface area contributed by atoms with Crippen molar-refractivity contribution in [3.63, 3.8) is 0 Å². The van der Waals surface area contributed by atoms with E-state index in [0.29, 0.717) is 5.02 Å². The number of halogens is 1.